The molecule has 0 aliphatic carbocycles. The van der Waals surface area contributed by atoms with Crippen molar-refractivity contribution in [2.45, 2.75) is 27.2 Å². The summed E-state index contributed by atoms with van der Waals surface area (Å²) in [6.07, 6.45) is 0.118. The van der Waals surface area contributed by atoms with Crippen LogP contribution in [0.25, 0.3) is 0 Å². The van der Waals surface area contributed by atoms with Gasteiger partial charge in [0.15, 0.2) is 0 Å². The monoisotopic (exact) mass is 367 g/mol. The molecule has 3 rings (SSSR count). The Morgan fingerprint density at radius 1 is 1.15 bits per heavy atom. The van der Waals surface area contributed by atoms with Crippen molar-refractivity contribution in [1.82, 2.24) is 0 Å². The molecule has 7 heteroatoms. The number of nitro benzene ring substituents is 1. The third-order valence-corrected chi connectivity index (χ3v) is 4.69. The first-order valence-electron chi connectivity index (χ1n) is 8.69. The average Bonchev–Trinajstić information content (AvgIpc) is 2.97. The first-order valence-corrected chi connectivity index (χ1v) is 8.69. The Morgan fingerprint density at radius 3 is 2.44 bits per heavy atom. The van der Waals surface area contributed by atoms with Gasteiger partial charge in [0.05, 0.1) is 10.8 Å². The van der Waals surface area contributed by atoms with E-state index >= 15 is 0 Å². The Balaban J connectivity index is 1.74. The summed E-state index contributed by atoms with van der Waals surface area (Å²) in [5.74, 6) is -0.915. The third-order valence-electron chi connectivity index (χ3n) is 4.69. The zero-order chi connectivity index (χ0) is 19.7. The molecule has 1 N–H and O–H groups in total. The first-order chi connectivity index (χ1) is 12.7. The van der Waals surface area contributed by atoms with E-state index in [4.69, 9.17) is 0 Å². The van der Waals surface area contributed by atoms with Gasteiger partial charge in [-0.3, -0.25) is 19.7 Å². The second-order valence-corrected chi connectivity index (χ2v) is 7.00. The van der Waals surface area contributed by atoms with Crippen LogP contribution in [0.2, 0.25) is 0 Å². The van der Waals surface area contributed by atoms with E-state index in [1.807, 2.05) is 32.0 Å². The van der Waals surface area contributed by atoms with Gasteiger partial charge in [-0.25, -0.2) is 0 Å². The summed E-state index contributed by atoms with van der Waals surface area (Å²) in [6.45, 7) is 5.86. The highest BCUT2D eigenvalue weighted by molar-refractivity contribution is 6.03. The molecule has 0 aromatic heterocycles. The van der Waals surface area contributed by atoms with Crippen molar-refractivity contribution in [2.24, 2.45) is 5.92 Å². The van der Waals surface area contributed by atoms with Gasteiger partial charge in [0.25, 0.3) is 5.69 Å². The number of hydrogen-bond acceptors (Lipinski definition) is 4. The quantitative estimate of drug-likeness (QED) is 0.661. The fraction of sp³-hybridized carbons (Fsp3) is 0.300. The van der Waals surface area contributed by atoms with Crippen molar-refractivity contribution in [3.63, 3.8) is 0 Å². The van der Waals surface area contributed by atoms with Gasteiger partial charge in [0.1, 0.15) is 0 Å². The average molecular weight is 367 g/mol. The van der Waals surface area contributed by atoms with Crippen LogP contribution in [-0.4, -0.2) is 23.3 Å². The van der Waals surface area contributed by atoms with E-state index in [-0.39, 0.29) is 23.9 Å². The van der Waals surface area contributed by atoms with Crippen LogP contribution in [0.3, 0.4) is 0 Å². The lowest BCUT2D eigenvalue weighted by Crippen LogP contribution is -2.28. The molecule has 1 saturated heterocycles. The highest BCUT2D eigenvalue weighted by Gasteiger charge is 2.35. The normalized spacial score (nSPS) is 16.5. The Labute approximate surface area is 157 Å². The number of carbonyl (C=O) groups excluding carboxylic acids is 2. The van der Waals surface area contributed by atoms with Crippen LogP contribution in [0.15, 0.2) is 36.4 Å². The number of anilines is 2. The van der Waals surface area contributed by atoms with Crippen molar-refractivity contribution in [2.75, 3.05) is 16.8 Å². The molecule has 1 aliphatic rings. The second kappa shape index (κ2) is 7.19. The van der Waals surface area contributed by atoms with E-state index in [0.29, 0.717) is 17.8 Å². The number of nitrogens with one attached hydrogen (secondary N) is 1. The van der Waals surface area contributed by atoms with E-state index in [0.717, 1.165) is 16.8 Å². The molecule has 0 bridgehead atoms. The van der Waals surface area contributed by atoms with Crippen molar-refractivity contribution >= 4 is 28.9 Å². The second-order valence-electron chi connectivity index (χ2n) is 7.00. The molecule has 1 fully saturated rings. The number of nitro groups is 1. The largest absolute Gasteiger partial charge is 0.326 e. The van der Waals surface area contributed by atoms with E-state index in [1.165, 1.54) is 6.07 Å². The summed E-state index contributed by atoms with van der Waals surface area (Å²) in [5.41, 5.74) is 3.73. The van der Waals surface area contributed by atoms with Crippen LogP contribution in [0.5, 0.6) is 0 Å². The topological polar surface area (TPSA) is 92.6 Å². The maximum Gasteiger partial charge on any atom is 0.274 e. The van der Waals surface area contributed by atoms with Gasteiger partial charge in [-0.05, 0) is 50.1 Å². The fourth-order valence-corrected chi connectivity index (χ4v) is 3.37. The van der Waals surface area contributed by atoms with E-state index < -0.39 is 10.8 Å². The summed E-state index contributed by atoms with van der Waals surface area (Å²) in [4.78, 5) is 37.2. The van der Waals surface area contributed by atoms with E-state index in [1.54, 1.807) is 24.0 Å². The Bertz CT molecular complexity index is 919. The summed E-state index contributed by atoms with van der Waals surface area (Å²) < 4.78 is 0. The molecular weight excluding hydrogens is 346 g/mol. The molecule has 1 heterocycles. The van der Waals surface area contributed by atoms with Gasteiger partial charge >= 0.3 is 0 Å². The lowest BCUT2D eigenvalue weighted by molar-refractivity contribution is -0.385. The fourth-order valence-electron chi connectivity index (χ4n) is 3.37. The van der Waals surface area contributed by atoms with Gasteiger partial charge < -0.3 is 10.2 Å². The maximum atomic E-state index is 12.6. The molecular formula is C20H21N3O4. The number of hydrogen-bond donors (Lipinski definition) is 1. The molecule has 0 saturated carbocycles. The van der Waals surface area contributed by atoms with Crippen LogP contribution in [0, 0.1) is 36.8 Å². The standard InChI is InChI=1S/C20H21N3O4/c1-12-6-13(2)8-17(7-12)22-11-15(9-19(22)24)20(25)21-16-5-4-14(3)18(10-16)23(26)27/h4-8,10,15H,9,11H2,1-3H3,(H,21,25)/t15-/m0/s1. The molecule has 7 nitrogen and oxygen atoms in total. The molecule has 1 atom stereocenters. The first kappa shape index (κ1) is 18.6. The number of carbonyl (C=O) groups is 2. The molecule has 0 unspecified atom stereocenters. The molecule has 140 valence electrons. The van der Waals surface area contributed by atoms with Gasteiger partial charge in [0, 0.05) is 36.0 Å². The van der Waals surface area contributed by atoms with Gasteiger partial charge in [-0.2, -0.15) is 0 Å². The molecule has 2 aromatic rings. The van der Waals surface area contributed by atoms with Crippen LogP contribution in [0.1, 0.15) is 23.1 Å². The summed E-state index contributed by atoms with van der Waals surface area (Å²) in [6, 6.07) is 10.4. The molecule has 0 radical (unpaired) electrons. The minimum Gasteiger partial charge on any atom is -0.326 e. The smallest absolute Gasteiger partial charge is 0.274 e. The predicted octanol–water partition coefficient (Wildman–Crippen LogP) is 3.51. The maximum absolute atomic E-state index is 12.6. The summed E-state index contributed by atoms with van der Waals surface area (Å²) in [5, 5.41) is 13.8. The van der Waals surface area contributed by atoms with E-state index in [9.17, 15) is 19.7 Å². The third kappa shape index (κ3) is 3.97. The van der Waals surface area contributed by atoms with Crippen molar-refractivity contribution in [3.8, 4) is 0 Å². The zero-order valence-electron chi connectivity index (χ0n) is 15.5. The van der Waals surface area contributed by atoms with Crippen LogP contribution in [-0.2, 0) is 9.59 Å². The summed E-state index contributed by atoms with van der Waals surface area (Å²) in [7, 11) is 0. The SMILES string of the molecule is Cc1cc(C)cc(N2C[C@@H](C(=O)Nc3ccc(C)c([N+](=O)[O-])c3)CC2=O)c1. The lowest BCUT2D eigenvalue weighted by atomic mass is 10.1. The molecule has 0 spiro atoms. The highest BCUT2D eigenvalue weighted by atomic mass is 16.6. The molecule has 1 aliphatic heterocycles. The Kier molecular flexibility index (Phi) is 4.94. The summed E-state index contributed by atoms with van der Waals surface area (Å²) >= 11 is 0. The highest BCUT2D eigenvalue weighted by Crippen LogP contribution is 2.28. The van der Waals surface area contributed by atoms with Crippen LogP contribution in [0.4, 0.5) is 17.1 Å². The van der Waals surface area contributed by atoms with Crippen LogP contribution >= 0.6 is 0 Å². The van der Waals surface area contributed by atoms with Gasteiger partial charge in [-0.15, -0.1) is 0 Å². The van der Waals surface area contributed by atoms with Gasteiger partial charge in [-0.1, -0.05) is 12.1 Å². The number of aryl methyl sites for hydroxylation is 3. The van der Waals surface area contributed by atoms with Crippen molar-refractivity contribution in [1.29, 1.82) is 0 Å². The number of benzene rings is 2. The van der Waals surface area contributed by atoms with Gasteiger partial charge in [0.2, 0.25) is 11.8 Å². The molecule has 2 amide bonds. The Hall–Kier alpha value is -3.22. The predicted molar refractivity (Wildman–Crippen MR) is 103 cm³/mol. The van der Waals surface area contributed by atoms with Crippen molar-refractivity contribution in [3.05, 3.63) is 63.2 Å². The minimum absolute atomic E-state index is 0.0489. The zero-order valence-corrected chi connectivity index (χ0v) is 15.5. The minimum atomic E-state index is -0.501. The molecule has 2 aromatic carbocycles. The Morgan fingerprint density at radius 2 is 1.81 bits per heavy atom. The molecule has 27 heavy (non-hydrogen) atoms. The van der Waals surface area contributed by atoms with Crippen molar-refractivity contribution < 1.29 is 14.5 Å². The number of nitrogens with zero attached hydrogens (tertiary/aromatic N) is 2. The van der Waals surface area contributed by atoms with E-state index in [2.05, 4.69) is 5.32 Å². The number of rotatable bonds is 4. The number of amides is 2. The van der Waals surface area contributed by atoms with Crippen LogP contribution < -0.4 is 10.2 Å². The lowest BCUT2D eigenvalue weighted by Gasteiger charge is -2.18.